The highest BCUT2D eigenvalue weighted by atomic mass is 35.5. The summed E-state index contributed by atoms with van der Waals surface area (Å²) >= 11 is 6.19. The summed E-state index contributed by atoms with van der Waals surface area (Å²) < 4.78 is 28.2. The summed E-state index contributed by atoms with van der Waals surface area (Å²) in [6.45, 7) is 0. The number of nitrogens with one attached hydrogen (secondary N) is 1. The molecule has 1 saturated carbocycles. The molecule has 0 radical (unpaired) electrons. The van der Waals surface area contributed by atoms with Crippen LogP contribution in [0.4, 0.5) is 0 Å². The molecular formula is C18H21ClN2O2S. The minimum absolute atomic E-state index is 0.00303. The van der Waals surface area contributed by atoms with E-state index >= 15 is 0 Å². The van der Waals surface area contributed by atoms with Gasteiger partial charge in [-0.1, -0.05) is 61.5 Å². The van der Waals surface area contributed by atoms with Crippen LogP contribution in [-0.2, 0) is 10.0 Å². The number of sulfonamides is 1. The Morgan fingerprint density at radius 3 is 2.38 bits per heavy atom. The van der Waals surface area contributed by atoms with E-state index in [4.69, 9.17) is 11.6 Å². The van der Waals surface area contributed by atoms with Gasteiger partial charge in [0, 0.05) is 16.6 Å². The fourth-order valence-corrected chi connectivity index (χ4v) is 4.56. The predicted molar refractivity (Wildman–Crippen MR) is 96.5 cm³/mol. The average molecular weight is 365 g/mol. The molecule has 2 aromatic rings. The van der Waals surface area contributed by atoms with Crippen molar-refractivity contribution in [3.05, 3.63) is 47.5 Å². The number of halogens is 1. The molecule has 1 heterocycles. The van der Waals surface area contributed by atoms with Gasteiger partial charge in [-0.05, 0) is 31.0 Å². The molecule has 1 fully saturated rings. The Balaban J connectivity index is 1.86. The summed E-state index contributed by atoms with van der Waals surface area (Å²) in [4.78, 5) is 4.33. The van der Waals surface area contributed by atoms with Gasteiger partial charge in [0.05, 0.1) is 5.69 Å². The van der Waals surface area contributed by atoms with Crippen LogP contribution >= 0.6 is 11.6 Å². The highest BCUT2D eigenvalue weighted by molar-refractivity contribution is 7.89. The summed E-state index contributed by atoms with van der Waals surface area (Å²) in [6.07, 6.45) is 6.28. The lowest BCUT2D eigenvalue weighted by atomic mass is 10.1. The molecule has 4 nitrogen and oxygen atoms in total. The molecule has 24 heavy (non-hydrogen) atoms. The van der Waals surface area contributed by atoms with Crippen molar-refractivity contribution in [2.45, 2.75) is 49.6 Å². The zero-order valence-electron chi connectivity index (χ0n) is 13.4. The van der Waals surface area contributed by atoms with E-state index in [0.29, 0.717) is 10.7 Å². The Morgan fingerprint density at radius 1 is 0.958 bits per heavy atom. The Bertz CT molecular complexity index is 800. The number of hydrogen-bond acceptors (Lipinski definition) is 3. The lowest BCUT2D eigenvalue weighted by Crippen LogP contribution is -2.34. The predicted octanol–water partition coefficient (Wildman–Crippen LogP) is 4.40. The van der Waals surface area contributed by atoms with Crippen LogP contribution in [-0.4, -0.2) is 19.4 Å². The summed E-state index contributed by atoms with van der Waals surface area (Å²) in [5, 5.41) is 0.598. The molecule has 6 heteroatoms. The molecule has 1 aromatic carbocycles. The van der Waals surface area contributed by atoms with E-state index in [9.17, 15) is 8.42 Å². The lowest BCUT2D eigenvalue weighted by Gasteiger charge is -2.16. The molecule has 0 unspecified atom stereocenters. The van der Waals surface area contributed by atoms with Gasteiger partial charge >= 0.3 is 0 Å². The Hall–Kier alpha value is -1.43. The van der Waals surface area contributed by atoms with Crippen LogP contribution in [0.3, 0.4) is 0 Å². The first-order chi connectivity index (χ1) is 11.6. The molecule has 0 amide bonds. The van der Waals surface area contributed by atoms with Crippen molar-refractivity contribution in [1.82, 2.24) is 9.71 Å². The number of aromatic nitrogens is 1. The van der Waals surface area contributed by atoms with Crippen LogP contribution in [0.25, 0.3) is 11.3 Å². The quantitative estimate of drug-likeness (QED) is 0.818. The Labute approximate surface area is 148 Å². The van der Waals surface area contributed by atoms with Gasteiger partial charge in [0.2, 0.25) is 0 Å². The second-order valence-corrected chi connectivity index (χ2v) is 8.22. The van der Waals surface area contributed by atoms with Gasteiger partial charge in [-0.25, -0.2) is 18.1 Å². The number of rotatable bonds is 4. The average Bonchev–Trinajstić information content (AvgIpc) is 2.83. The number of hydrogen-bond donors (Lipinski definition) is 1. The topological polar surface area (TPSA) is 59.1 Å². The van der Waals surface area contributed by atoms with Crippen LogP contribution < -0.4 is 4.72 Å². The van der Waals surface area contributed by atoms with Gasteiger partial charge < -0.3 is 0 Å². The maximum absolute atomic E-state index is 12.7. The Kier molecular flexibility index (Phi) is 5.54. The van der Waals surface area contributed by atoms with E-state index in [-0.39, 0.29) is 11.1 Å². The molecule has 1 aliphatic rings. The van der Waals surface area contributed by atoms with Crippen molar-refractivity contribution in [3.63, 3.8) is 0 Å². The van der Waals surface area contributed by atoms with Gasteiger partial charge in [0.15, 0.2) is 5.03 Å². The SMILES string of the molecule is O=S(=O)(NC1CCCCCC1)c1cccc(-c2ccccc2Cl)n1. The first-order valence-corrected chi connectivity index (χ1v) is 10.2. The van der Waals surface area contributed by atoms with Gasteiger partial charge in [0.1, 0.15) is 0 Å². The number of benzene rings is 1. The standard InChI is InChI=1S/C18H21ClN2O2S/c19-16-11-6-5-10-15(16)17-12-7-13-18(20-17)24(22,23)21-14-8-3-1-2-4-9-14/h5-7,10-14,21H,1-4,8-9H2. The van der Waals surface area contributed by atoms with Crippen molar-refractivity contribution >= 4 is 21.6 Å². The fraction of sp³-hybridized carbons (Fsp3) is 0.389. The molecule has 0 saturated heterocycles. The number of pyridine rings is 1. The second-order valence-electron chi connectivity index (χ2n) is 6.15. The van der Waals surface area contributed by atoms with Crippen molar-refractivity contribution in [3.8, 4) is 11.3 Å². The van der Waals surface area contributed by atoms with Crippen LogP contribution in [0.2, 0.25) is 5.02 Å². The monoisotopic (exact) mass is 364 g/mol. The van der Waals surface area contributed by atoms with Crippen molar-refractivity contribution < 1.29 is 8.42 Å². The van der Waals surface area contributed by atoms with Crippen molar-refractivity contribution in [2.24, 2.45) is 0 Å². The van der Waals surface area contributed by atoms with Gasteiger partial charge in [-0.3, -0.25) is 0 Å². The molecule has 128 valence electrons. The van der Waals surface area contributed by atoms with Crippen LogP contribution in [0.1, 0.15) is 38.5 Å². The smallest absolute Gasteiger partial charge is 0.235 e. The normalized spacial score (nSPS) is 16.7. The van der Waals surface area contributed by atoms with Crippen LogP contribution in [0, 0.1) is 0 Å². The third kappa shape index (κ3) is 4.15. The molecule has 3 rings (SSSR count). The third-order valence-corrected chi connectivity index (χ3v) is 6.08. The second kappa shape index (κ2) is 7.64. The highest BCUT2D eigenvalue weighted by Crippen LogP contribution is 2.27. The zero-order valence-corrected chi connectivity index (χ0v) is 15.0. The van der Waals surface area contributed by atoms with Crippen molar-refractivity contribution in [1.29, 1.82) is 0 Å². The first-order valence-electron chi connectivity index (χ1n) is 8.30. The molecule has 0 spiro atoms. The van der Waals surface area contributed by atoms with Crippen LogP contribution in [0.15, 0.2) is 47.5 Å². The summed E-state index contributed by atoms with van der Waals surface area (Å²) in [7, 11) is -3.62. The van der Waals surface area contributed by atoms with E-state index < -0.39 is 10.0 Å². The van der Waals surface area contributed by atoms with E-state index in [1.807, 2.05) is 18.2 Å². The minimum Gasteiger partial charge on any atom is -0.235 e. The van der Waals surface area contributed by atoms with Crippen molar-refractivity contribution in [2.75, 3.05) is 0 Å². The van der Waals surface area contributed by atoms with E-state index in [0.717, 1.165) is 31.2 Å². The molecule has 1 aromatic heterocycles. The third-order valence-electron chi connectivity index (χ3n) is 4.33. The molecule has 1 aliphatic carbocycles. The lowest BCUT2D eigenvalue weighted by molar-refractivity contribution is 0.508. The van der Waals surface area contributed by atoms with Gasteiger partial charge in [-0.2, -0.15) is 0 Å². The fourth-order valence-electron chi connectivity index (χ4n) is 3.06. The molecule has 1 N–H and O–H groups in total. The molecule has 0 aliphatic heterocycles. The summed E-state index contributed by atoms with van der Waals surface area (Å²) in [5.41, 5.74) is 1.29. The first kappa shape index (κ1) is 17.4. The molecular weight excluding hydrogens is 344 g/mol. The largest absolute Gasteiger partial charge is 0.258 e. The summed E-state index contributed by atoms with van der Waals surface area (Å²) in [6, 6.07) is 12.3. The maximum Gasteiger partial charge on any atom is 0.258 e. The van der Waals surface area contributed by atoms with Gasteiger partial charge in [-0.15, -0.1) is 0 Å². The molecule has 0 atom stereocenters. The summed E-state index contributed by atoms with van der Waals surface area (Å²) in [5.74, 6) is 0. The van der Waals surface area contributed by atoms with E-state index in [1.54, 1.807) is 18.2 Å². The molecule has 0 bridgehead atoms. The Morgan fingerprint density at radius 2 is 1.67 bits per heavy atom. The maximum atomic E-state index is 12.7. The van der Waals surface area contributed by atoms with E-state index in [1.165, 1.54) is 18.9 Å². The van der Waals surface area contributed by atoms with Crippen LogP contribution in [0.5, 0.6) is 0 Å². The zero-order chi connectivity index (χ0) is 17.0. The highest BCUT2D eigenvalue weighted by Gasteiger charge is 2.22. The van der Waals surface area contributed by atoms with E-state index in [2.05, 4.69) is 9.71 Å². The van der Waals surface area contributed by atoms with Gasteiger partial charge in [0.25, 0.3) is 10.0 Å². The number of nitrogens with zero attached hydrogens (tertiary/aromatic N) is 1. The minimum atomic E-state index is -3.62.